The van der Waals surface area contributed by atoms with Crippen molar-refractivity contribution in [1.82, 2.24) is 4.90 Å². The minimum absolute atomic E-state index is 0.0710. The van der Waals surface area contributed by atoms with Crippen LogP contribution in [0.1, 0.15) is 49.4 Å². The molecule has 1 aliphatic rings. The normalized spacial score (nSPS) is 18.3. The first kappa shape index (κ1) is 20.6. The Balaban J connectivity index is 2.14. The first-order valence-electron chi connectivity index (χ1n) is 9.17. The van der Waals surface area contributed by atoms with Crippen molar-refractivity contribution >= 4 is 11.7 Å². The van der Waals surface area contributed by atoms with E-state index in [2.05, 4.69) is 4.90 Å². The fraction of sp³-hybridized carbons (Fsp3) is 0.632. The van der Waals surface area contributed by atoms with Gasteiger partial charge >= 0.3 is 12.1 Å². The second-order valence-corrected chi connectivity index (χ2v) is 6.90. The molecule has 0 amide bonds. The Kier molecular flexibility index (Phi) is 7.32. The molecule has 1 aromatic rings. The van der Waals surface area contributed by atoms with Crippen molar-refractivity contribution in [2.45, 2.75) is 51.3 Å². The Hall–Kier alpha value is -1.76. The van der Waals surface area contributed by atoms with E-state index in [0.29, 0.717) is 25.1 Å². The fourth-order valence-electron chi connectivity index (χ4n) is 3.42. The van der Waals surface area contributed by atoms with Gasteiger partial charge in [-0.1, -0.05) is 19.8 Å². The maximum atomic E-state index is 13.7. The lowest BCUT2D eigenvalue weighted by atomic mass is 9.94. The molecule has 0 radical (unpaired) electrons. The van der Waals surface area contributed by atoms with Crippen molar-refractivity contribution in [1.29, 1.82) is 0 Å². The summed E-state index contributed by atoms with van der Waals surface area (Å²) in [5.41, 5.74) is 6.06. The summed E-state index contributed by atoms with van der Waals surface area (Å²) in [6.07, 6.45) is -2.63. The molecule has 2 N–H and O–H groups in total. The van der Waals surface area contributed by atoms with Crippen molar-refractivity contribution in [3.05, 3.63) is 29.8 Å². The summed E-state index contributed by atoms with van der Waals surface area (Å²) >= 11 is 0. The number of likely N-dealkylation sites (tertiary alicyclic amines) is 1. The van der Waals surface area contributed by atoms with Gasteiger partial charge in [0.05, 0.1) is 5.56 Å². The number of alkyl halides is 3. The number of rotatable bonds is 7. The minimum Gasteiger partial charge on any atom is -0.449 e. The van der Waals surface area contributed by atoms with E-state index in [1.165, 1.54) is 24.3 Å². The number of piperidine rings is 1. The summed E-state index contributed by atoms with van der Waals surface area (Å²) in [5.74, 6) is -1.73. The smallest absolute Gasteiger partial charge is 0.425 e. The van der Waals surface area contributed by atoms with Gasteiger partial charge in [0.25, 0.3) is 0 Å². The first-order chi connectivity index (χ1) is 12.3. The zero-order valence-electron chi connectivity index (χ0n) is 15.1. The summed E-state index contributed by atoms with van der Waals surface area (Å²) in [5, 5.41) is 0. The molecule has 0 aromatic heterocycles. The number of hydrogen-bond acceptors (Lipinski definition) is 4. The summed E-state index contributed by atoms with van der Waals surface area (Å²) in [6.45, 7) is 3.75. The highest BCUT2D eigenvalue weighted by Gasteiger charge is 2.48. The van der Waals surface area contributed by atoms with Gasteiger partial charge in [0.15, 0.2) is 0 Å². The van der Waals surface area contributed by atoms with Crippen LogP contribution in [0.3, 0.4) is 0 Å². The molecule has 2 rings (SSSR count). The van der Waals surface area contributed by atoms with Crippen molar-refractivity contribution in [2.24, 2.45) is 5.92 Å². The van der Waals surface area contributed by atoms with E-state index < -0.39 is 24.2 Å². The van der Waals surface area contributed by atoms with E-state index in [-0.39, 0.29) is 5.56 Å². The summed E-state index contributed by atoms with van der Waals surface area (Å²) in [7, 11) is 0. The molecule has 0 aliphatic carbocycles. The van der Waals surface area contributed by atoms with Crippen LogP contribution in [0, 0.1) is 5.92 Å². The van der Waals surface area contributed by atoms with Crippen LogP contribution in [0.2, 0.25) is 0 Å². The first-order valence-corrected chi connectivity index (χ1v) is 9.17. The molecule has 0 saturated carbocycles. The molecule has 2 atom stereocenters. The second kappa shape index (κ2) is 9.26. The van der Waals surface area contributed by atoms with E-state index in [1.54, 1.807) is 0 Å². The molecular formula is C19H27F3N2O2. The number of ether oxygens (including phenoxy) is 1. The van der Waals surface area contributed by atoms with Gasteiger partial charge < -0.3 is 15.4 Å². The van der Waals surface area contributed by atoms with E-state index in [1.807, 2.05) is 6.92 Å². The predicted octanol–water partition coefficient (Wildman–Crippen LogP) is 4.26. The molecule has 26 heavy (non-hydrogen) atoms. The lowest BCUT2D eigenvalue weighted by Crippen LogP contribution is -2.46. The topological polar surface area (TPSA) is 55.6 Å². The second-order valence-electron chi connectivity index (χ2n) is 6.90. The molecule has 146 valence electrons. The van der Waals surface area contributed by atoms with Gasteiger partial charge in [0.2, 0.25) is 6.10 Å². The quantitative estimate of drug-likeness (QED) is 0.574. The number of nitrogens with two attached hydrogens (primary N) is 1. The monoisotopic (exact) mass is 372 g/mol. The number of anilines is 1. The van der Waals surface area contributed by atoms with Crippen LogP contribution >= 0.6 is 0 Å². The lowest BCUT2D eigenvalue weighted by Gasteiger charge is -2.34. The molecule has 1 saturated heterocycles. The van der Waals surface area contributed by atoms with Crippen LogP contribution in [0.25, 0.3) is 0 Å². The average molecular weight is 372 g/mol. The number of carbonyl (C=O) groups is 1. The Bertz CT molecular complexity index is 569. The molecule has 1 fully saturated rings. The van der Waals surface area contributed by atoms with Gasteiger partial charge in [0, 0.05) is 18.2 Å². The summed E-state index contributed by atoms with van der Waals surface area (Å²) in [6, 6.07) is 5.70. The van der Waals surface area contributed by atoms with E-state index in [0.717, 1.165) is 32.4 Å². The molecule has 1 aromatic carbocycles. The number of hydrogen-bond donors (Lipinski definition) is 1. The molecule has 4 nitrogen and oxygen atoms in total. The molecule has 0 spiro atoms. The highest BCUT2D eigenvalue weighted by Crippen LogP contribution is 2.33. The van der Waals surface area contributed by atoms with Gasteiger partial charge in [-0.15, -0.1) is 0 Å². The molecule has 0 bridgehead atoms. The van der Waals surface area contributed by atoms with Crippen molar-refractivity contribution in [2.75, 3.05) is 25.4 Å². The van der Waals surface area contributed by atoms with Crippen LogP contribution in [-0.2, 0) is 4.74 Å². The van der Waals surface area contributed by atoms with Crippen LogP contribution in [0.5, 0.6) is 0 Å². The standard InChI is InChI=1S/C19H27F3N2O2/c1-2-6-15(13-24-11-4-3-5-12-24)17(19(20,21)22)26-18(25)14-7-9-16(23)10-8-14/h7-10,15,17H,2-6,11-13,23H2,1H3/t15-,17-/m0/s1. The third-order valence-corrected chi connectivity index (χ3v) is 4.73. The van der Waals surface area contributed by atoms with Crippen molar-refractivity contribution in [3.63, 3.8) is 0 Å². The Labute approximate surface area is 152 Å². The highest BCUT2D eigenvalue weighted by atomic mass is 19.4. The third kappa shape index (κ3) is 5.90. The largest absolute Gasteiger partial charge is 0.449 e. The predicted molar refractivity (Wildman–Crippen MR) is 94.8 cm³/mol. The van der Waals surface area contributed by atoms with Gasteiger partial charge in [-0.25, -0.2) is 4.79 Å². The van der Waals surface area contributed by atoms with Crippen molar-refractivity contribution in [3.8, 4) is 0 Å². The summed E-state index contributed by atoms with van der Waals surface area (Å²) in [4.78, 5) is 14.3. The zero-order chi connectivity index (χ0) is 19.2. The van der Waals surface area contributed by atoms with Crippen LogP contribution < -0.4 is 5.73 Å². The molecule has 0 unspecified atom stereocenters. The number of nitrogens with zero attached hydrogens (tertiary/aromatic N) is 1. The average Bonchev–Trinajstić information content (AvgIpc) is 2.60. The number of carbonyl (C=O) groups excluding carboxylic acids is 1. The van der Waals surface area contributed by atoms with Crippen LogP contribution in [0.15, 0.2) is 24.3 Å². The van der Waals surface area contributed by atoms with Gasteiger partial charge in [-0.05, 0) is 56.6 Å². The summed E-state index contributed by atoms with van der Waals surface area (Å²) < 4.78 is 46.0. The van der Waals surface area contributed by atoms with Gasteiger partial charge in [0.1, 0.15) is 0 Å². The number of halogens is 3. The van der Waals surface area contributed by atoms with E-state index >= 15 is 0 Å². The highest BCUT2D eigenvalue weighted by molar-refractivity contribution is 5.89. The number of esters is 1. The third-order valence-electron chi connectivity index (χ3n) is 4.73. The molecule has 7 heteroatoms. The Morgan fingerprint density at radius 2 is 1.81 bits per heavy atom. The maximum Gasteiger partial charge on any atom is 0.425 e. The Morgan fingerprint density at radius 3 is 2.35 bits per heavy atom. The van der Waals surface area contributed by atoms with Gasteiger partial charge in [-0.2, -0.15) is 13.2 Å². The van der Waals surface area contributed by atoms with Gasteiger partial charge in [-0.3, -0.25) is 0 Å². The number of benzene rings is 1. The number of nitrogen functional groups attached to an aromatic ring is 1. The zero-order valence-corrected chi connectivity index (χ0v) is 15.1. The molecule has 1 aliphatic heterocycles. The Morgan fingerprint density at radius 1 is 1.19 bits per heavy atom. The lowest BCUT2D eigenvalue weighted by molar-refractivity contribution is -0.222. The van der Waals surface area contributed by atoms with Crippen LogP contribution in [0.4, 0.5) is 18.9 Å². The fourth-order valence-corrected chi connectivity index (χ4v) is 3.42. The van der Waals surface area contributed by atoms with Crippen molar-refractivity contribution < 1.29 is 22.7 Å². The SMILES string of the molecule is CCC[C@@H](CN1CCCCC1)[C@H](OC(=O)c1ccc(N)cc1)C(F)(F)F. The molecular weight excluding hydrogens is 345 g/mol. The minimum atomic E-state index is -4.60. The molecule has 1 heterocycles. The van der Waals surface area contributed by atoms with E-state index in [9.17, 15) is 18.0 Å². The van der Waals surface area contributed by atoms with E-state index in [4.69, 9.17) is 10.5 Å². The van der Waals surface area contributed by atoms with Crippen LogP contribution in [-0.4, -0.2) is 42.8 Å². The maximum absolute atomic E-state index is 13.7.